The van der Waals surface area contributed by atoms with Crippen LogP contribution in [-0.4, -0.2) is 67.8 Å². The molecule has 0 aliphatic carbocycles. The molecule has 0 aromatic rings. The van der Waals surface area contributed by atoms with Crippen molar-refractivity contribution in [3.05, 3.63) is 0 Å². The van der Waals surface area contributed by atoms with Gasteiger partial charge in [-0.05, 0) is 26.2 Å². The predicted molar refractivity (Wildman–Crippen MR) is 74.6 cm³/mol. The Kier molecular flexibility index (Phi) is 10.9. The number of rotatable bonds is 12. The van der Waals surface area contributed by atoms with Crippen LogP contribution < -0.4 is 0 Å². The van der Waals surface area contributed by atoms with E-state index in [1.165, 1.54) is 7.11 Å². The summed E-state index contributed by atoms with van der Waals surface area (Å²) in [5, 5.41) is 18.4. The summed E-state index contributed by atoms with van der Waals surface area (Å²) in [5.74, 6) is 0.0389. The molecule has 0 heterocycles. The maximum atomic E-state index is 10.9. The number of aliphatic hydroxyl groups excluding tert-OH is 2. The van der Waals surface area contributed by atoms with Crippen molar-refractivity contribution in [2.45, 2.75) is 51.6 Å². The van der Waals surface area contributed by atoms with Crippen molar-refractivity contribution in [2.75, 3.05) is 26.9 Å². The molecule has 0 radical (unpaired) electrons. The number of methoxy groups -OCH3 is 1. The third-order valence-electron chi connectivity index (χ3n) is 3.12. The molecule has 20 heavy (non-hydrogen) atoms. The smallest absolute Gasteiger partial charge is 0.151 e. The largest absolute Gasteiger partial charge is 0.396 e. The van der Waals surface area contributed by atoms with Gasteiger partial charge in [0.05, 0.1) is 25.4 Å². The monoisotopic (exact) mass is 292 g/mol. The number of hydrogen-bond donors (Lipinski definition) is 2. The average molecular weight is 292 g/mol. The summed E-state index contributed by atoms with van der Waals surface area (Å²) in [5.41, 5.74) is 0. The zero-order valence-corrected chi connectivity index (χ0v) is 12.8. The van der Waals surface area contributed by atoms with E-state index in [-0.39, 0.29) is 31.3 Å². The van der Waals surface area contributed by atoms with E-state index in [4.69, 9.17) is 19.3 Å². The minimum absolute atomic E-state index is 0.0389. The molecule has 2 N–H and O–H groups in total. The Balaban J connectivity index is 4.68. The third kappa shape index (κ3) is 7.31. The van der Waals surface area contributed by atoms with Gasteiger partial charge in [0, 0.05) is 13.7 Å². The molecule has 6 heteroatoms. The molecule has 0 fully saturated rings. The third-order valence-corrected chi connectivity index (χ3v) is 3.12. The Bertz CT molecular complexity index is 246. The van der Waals surface area contributed by atoms with Gasteiger partial charge >= 0.3 is 0 Å². The number of ether oxygens (including phenoxy) is 3. The average Bonchev–Trinajstić information content (AvgIpc) is 2.42. The molecule has 0 saturated heterocycles. The quantitative estimate of drug-likeness (QED) is 0.506. The summed E-state index contributed by atoms with van der Waals surface area (Å²) in [6, 6.07) is 0. The van der Waals surface area contributed by atoms with Crippen LogP contribution >= 0.6 is 0 Å². The molecule has 0 amide bonds. The topological polar surface area (TPSA) is 85.2 Å². The SMILES string of the molecule is COC(C=O)C(CO)OC(COC(C)C)C(C)CCO. The van der Waals surface area contributed by atoms with Crippen molar-refractivity contribution < 1.29 is 29.2 Å². The molecular weight excluding hydrogens is 264 g/mol. The van der Waals surface area contributed by atoms with Gasteiger partial charge in [-0.1, -0.05) is 6.92 Å². The van der Waals surface area contributed by atoms with Crippen LogP contribution in [0.5, 0.6) is 0 Å². The predicted octanol–water partition coefficient (Wildman–Crippen LogP) is 0.390. The van der Waals surface area contributed by atoms with Crippen molar-refractivity contribution in [1.29, 1.82) is 0 Å². The lowest BCUT2D eigenvalue weighted by Crippen LogP contribution is -2.42. The zero-order chi connectivity index (χ0) is 15.5. The normalized spacial score (nSPS) is 17.8. The molecule has 0 aromatic carbocycles. The van der Waals surface area contributed by atoms with Crippen LogP contribution in [0.4, 0.5) is 0 Å². The molecule has 6 nitrogen and oxygen atoms in total. The summed E-state index contributed by atoms with van der Waals surface area (Å²) in [7, 11) is 1.39. The van der Waals surface area contributed by atoms with Crippen LogP contribution in [0.25, 0.3) is 0 Å². The lowest BCUT2D eigenvalue weighted by molar-refractivity contribution is -0.153. The van der Waals surface area contributed by atoms with Gasteiger partial charge in [-0.25, -0.2) is 0 Å². The minimum Gasteiger partial charge on any atom is -0.396 e. The summed E-state index contributed by atoms with van der Waals surface area (Å²) in [6.07, 6.45) is -0.651. The van der Waals surface area contributed by atoms with E-state index in [9.17, 15) is 9.90 Å². The first-order chi connectivity index (χ1) is 9.49. The molecule has 0 aliphatic rings. The summed E-state index contributed by atoms with van der Waals surface area (Å²) in [4.78, 5) is 10.9. The molecule has 0 aromatic heterocycles. The molecule has 4 unspecified atom stereocenters. The van der Waals surface area contributed by atoms with Crippen LogP contribution in [-0.2, 0) is 19.0 Å². The summed E-state index contributed by atoms with van der Waals surface area (Å²) < 4.78 is 16.3. The fourth-order valence-electron chi connectivity index (χ4n) is 1.76. The zero-order valence-electron chi connectivity index (χ0n) is 12.8. The fourth-order valence-corrected chi connectivity index (χ4v) is 1.76. The molecule has 0 saturated carbocycles. The van der Waals surface area contributed by atoms with E-state index in [1.807, 2.05) is 20.8 Å². The number of aldehydes is 1. The van der Waals surface area contributed by atoms with Crippen molar-refractivity contribution in [3.8, 4) is 0 Å². The van der Waals surface area contributed by atoms with Gasteiger partial charge in [-0.2, -0.15) is 0 Å². The number of aliphatic hydroxyl groups is 2. The fraction of sp³-hybridized carbons (Fsp3) is 0.929. The van der Waals surface area contributed by atoms with E-state index < -0.39 is 12.2 Å². The molecule has 0 aliphatic heterocycles. The van der Waals surface area contributed by atoms with Crippen LogP contribution in [0.2, 0.25) is 0 Å². The lowest BCUT2D eigenvalue weighted by atomic mass is 10.0. The maximum Gasteiger partial charge on any atom is 0.151 e. The lowest BCUT2D eigenvalue weighted by Gasteiger charge is -2.30. The second-order valence-corrected chi connectivity index (χ2v) is 5.10. The van der Waals surface area contributed by atoms with E-state index in [1.54, 1.807) is 0 Å². The van der Waals surface area contributed by atoms with Crippen LogP contribution in [0.3, 0.4) is 0 Å². The van der Waals surface area contributed by atoms with Crippen molar-refractivity contribution in [2.24, 2.45) is 5.92 Å². The van der Waals surface area contributed by atoms with Gasteiger partial charge < -0.3 is 29.2 Å². The van der Waals surface area contributed by atoms with Gasteiger partial charge in [0.2, 0.25) is 0 Å². The number of hydrogen-bond acceptors (Lipinski definition) is 6. The molecular formula is C14H28O6. The van der Waals surface area contributed by atoms with Crippen molar-refractivity contribution in [1.82, 2.24) is 0 Å². The first kappa shape index (κ1) is 19.5. The van der Waals surface area contributed by atoms with Crippen LogP contribution in [0, 0.1) is 5.92 Å². The molecule has 4 atom stereocenters. The Morgan fingerprint density at radius 2 is 1.80 bits per heavy atom. The Labute approximate surface area is 121 Å². The maximum absolute atomic E-state index is 10.9. The molecule has 120 valence electrons. The molecule has 0 rings (SSSR count). The highest BCUT2D eigenvalue weighted by atomic mass is 16.6. The van der Waals surface area contributed by atoms with E-state index in [0.717, 1.165) is 0 Å². The van der Waals surface area contributed by atoms with Crippen molar-refractivity contribution in [3.63, 3.8) is 0 Å². The van der Waals surface area contributed by atoms with Gasteiger partial charge in [-0.15, -0.1) is 0 Å². The first-order valence-electron chi connectivity index (χ1n) is 6.96. The van der Waals surface area contributed by atoms with Crippen molar-refractivity contribution >= 4 is 6.29 Å². The van der Waals surface area contributed by atoms with Gasteiger partial charge in [0.25, 0.3) is 0 Å². The Morgan fingerprint density at radius 3 is 2.20 bits per heavy atom. The highest BCUT2D eigenvalue weighted by Crippen LogP contribution is 2.17. The molecule has 0 spiro atoms. The number of carbonyl (C=O) groups is 1. The molecule has 0 bridgehead atoms. The van der Waals surface area contributed by atoms with Crippen LogP contribution in [0.1, 0.15) is 27.2 Å². The Morgan fingerprint density at radius 1 is 1.15 bits per heavy atom. The standard InChI is InChI=1S/C14H28O6/c1-10(2)19-9-14(11(3)5-6-15)20-13(8-17)12(7-16)18-4/h7,10-15,17H,5-6,8-9H2,1-4H3. The first-order valence-corrected chi connectivity index (χ1v) is 6.96. The van der Waals surface area contributed by atoms with Gasteiger partial charge in [0.1, 0.15) is 12.2 Å². The number of carbonyl (C=O) groups excluding carboxylic acids is 1. The summed E-state index contributed by atoms with van der Waals surface area (Å²) >= 11 is 0. The van der Waals surface area contributed by atoms with E-state index in [2.05, 4.69) is 0 Å². The highest BCUT2D eigenvalue weighted by Gasteiger charge is 2.28. The van der Waals surface area contributed by atoms with E-state index >= 15 is 0 Å². The van der Waals surface area contributed by atoms with Crippen LogP contribution in [0.15, 0.2) is 0 Å². The van der Waals surface area contributed by atoms with Gasteiger partial charge in [0.15, 0.2) is 6.29 Å². The minimum atomic E-state index is -0.817. The van der Waals surface area contributed by atoms with E-state index in [0.29, 0.717) is 19.3 Å². The summed E-state index contributed by atoms with van der Waals surface area (Å²) in [6.45, 7) is 5.84. The second-order valence-electron chi connectivity index (χ2n) is 5.10. The highest BCUT2D eigenvalue weighted by molar-refractivity contribution is 5.57. The second kappa shape index (κ2) is 11.2. The van der Waals surface area contributed by atoms with Gasteiger partial charge in [-0.3, -0.25) is 0 Å². The Hall–Kier alpha value is -0.530.